The van der Waals surface area contributed by atoms with E-state index in [4.69, 9.17) is 0 Å². The molecule has 0 aromatic carbocycles. The SMILES string of the molecule is CC[NH+]1CCN(Cc2nc(C(=O)[O-])cs2)CC1. The molecule has 1 N–H and O–H groups in total. The number of quaternary nitrogens is 1. The van der Waals surface area contributed by atoms with Crippen LogP contribution in [0.15, 0.2) is 5.38 Å². The number of carboxylic acid groups (broad SMARTS) is 1. The summed E-state index contributed by atoms with van der Waals surface area (Å²) in [6.45, 7) is 8.59. The quantitative estimate of drug-likeness (QED) is 0.691. The standard InChI is InChI=1S/C11H17N3O2S/c1-2-13-3-5-14(6-4-13)7-10-12-9(8-17-10)11(15)16/h8H,2-7H2,1H3,(H,15,16). The first-order valence-electron chi connectivity index (χ1n) is 5.90. The number of aromatic carboxylic acids is 1. The van der Waals surface area contributed by atoms with Crippen LogP contribution in [0.3, 0.4) is 0 Å². The Morgan fingerprint density at radius 2 is 2.29 bits per heavy atom. The largest absolute Gasteiger partial charge is 0.543 e. The molecule has 0 radical (unpaired) electrons. The van der Waals surface area contributed by atoms with Crippen molar-refractivity contribution in [3.8, 4) is 0 Å². The van der Waals surface area contributed by atoms with Gasteiger partial charge in [-0.05, 0) is 6.92 Å². The number of aromatic nitrogens is 1. The molecule has 17 heavy (non-hydrogen) atoms. The molecule has 1 saturated heterocycles. The summed E-state index contributed by atoms with van der Waals surface area (Å²) in [6.07, 6.45) is 0. The van der Waals surface area contributed by atoms with Crippen LogP contribution in [0.2, 0.25) is 0 Å². The number of hydrogen-bond acceptors (Lipinski definition) is 5. The summed E-state index contributed by atoms with van der Waals surface area (Å²) in [6, 6.07) is 0. The highest BCUT2D eigenvalue weighted by atomic mass is 32.1. The third kappa shape index (κ3) is 3.24. The lowest BCUT2D eigenvalue weighted by molar-refractivity contribution is -0.902. The first-order valence-corrected chi connectivity index (χ1v) is 6.78. The molecule has 0 unspecified atom stereocenters. The zero-order valence-corrected chi connectivity index (χ0v) is 10.8. The Morgan fingerprint density at radius 1 is 1.59 bits per heavy atom. The Balaban J connectivity index is 1.86. The van der Waals surface area contributed by atoms with Crippen molar-refractivity contribution in [1.29, 1.82) is 0 Å². The van der Waals surface area contributed by atoms with Gasteiger partial charge >= 0.3 is 0 Å². The van der Waals surface area contributed by atoms with Crippen LogP contribution in [0, 0.1) is 0 Å². The second-order valence-corrected chi connectivity index (χ2v) is 5.24. The number of carboxylic acids is 1. The van der Waals surface area contributed by atoms with E-state index in [0.29, 0.717) is 0 Å². The zero-order chi connectivity index (χ0) is 12.3. The van der Waals surface area contributed by atoms with Gasteiger partial charge in [-0.3, -0.25) is 4.90 Å². The third-order valence-corrected chi connectivity index (χ3v) is 4.02. The minimum absolute atomic E-state index is 0.0582. The first kappa shape index (κ1) is 12.5. The number of piperazine rings is 1. The van der Waals surface area contributed by atoms with Gasteiger partial charge in [-0.2, -0.15) is 0 Å². The average Bonchev–Trinajstić information content (AvgIpc) is 2.79. The summed E-state index contributed by atoms with van der Waals surface area (Å²) in [5.74, 6) is -1.19. The highest BCUT2D eigenvalue weighted by Crippen LogP contribution is 2.11. The molecule has 0 atom stereocenters. The van der Waals surface area contributed by atoms with Gasteiger partial charge < -0.3 is 14.8 Å². The van der Waals surface area contributed by atoms with Gasteiger partial charge in [0, 0.05) is 18.5 Å². The number of nitrogens with zero attached hydrogens (tertiary/aromatic N) is 2. The van der Waals surface area contributed by atoms with Crippen LogP contribution in [-0.2, 0) is 6.54 Å². The predicted molar refractivity (Wildman–Crippen MR) is 63.0 cm³/mol. The van der Waals surface area contributed by atoms with Crippen LogP contribution in [0.4, 0.5) is 0 Å². The van der Waals surface area contributed by atoms with E-state index < -0.39 is 5.97 Å². The van der Waals surface area contributed by atoms with E-state index in [9.17, 15) is 9.90 Å². The Labute approximate surface area is 105 Å². The third-order valence-electron chi connectivity index (χ3n) is 3.18. The Morgan fingerprint density at radius 3 is 2.82 bits per heavy atom. The molecule has 1 aromatic rings. The lowest BCUT2D eigenvalue weighted by Crippen LogP contribution is -3.14. The minimum Gasteiger partial charge on any atom is -0.543 e. The van der Waals surface area contributed by atoms with Crippen molar-refractivity contribution in [2.24, 2.45) is 0 Å². The van der Waals surface area contributed by atoms with Crippen molar-refractivity contribution in [3.05, 3.63) is 16.1 Å². The van der Waals surface area contributed by atoms with Crippen molar-refractivity contribution in [3.63, 3.8) is 0 Å². The van der Waals surface area contributed by atoms with Crippen molar-refractivity contribution < 1.29 is 14.8 Å². The number of carbonyl (C=O) groups is 1. The van der Waals surface area contributed by atoms with Crippen molar-refractivity contribution in [1.82, 2.24) is 9.88 Å². The van der Waals surface area contributed by atoms with E-state index in [0.717, 1.165) is 37.7 Å². The van der Waals surface area contributed by atoms with Crippen LogP contribution >= 0.6 is 11.3 Å². The molecule has 2 rings (SSSR count). The lowest BCUT2D eigenvalue weighted by Gasteiger charge is -2.30. The van der Waals surface area contributed by atoms with Crippen LogP contribution < -0.4 is 10.0 Å². The van der Waals surface area contributed by atoms with E-state index in [1.54, 1.807) is 10.3 Å². The molecule has 1 fully saturated rings. The minimum atomic E-state index is -1.19. The summed E-state index contributed by atoms with van der Waals surface area (Å²) in [5.41, 5.74) is 0.0582. The number of carbonyl (C=O) groups excluding carboxylic acids is 1. The molecular weight excluding hydrogens is 238 g/mol. The fourth-order valence-corrected chi connectivity index (χ4v) is 2.85. The molecule has 5 nitrogen and oxygen atoms in total. The summed E-state index contributed by atoms with van der Waals surface area (Å²) >= 11 is 1.40. The Hall–Kier alpha value is -0.980. The molecule has 0 spiro atoms. The number of thiazole rings is 1. The summed E-state index contributed by atoms with van der Waals surface area (Å²) in [4.78, 5) is 18.6. The molecule has 1 aliphatic rings. The first-order chi connectivity index (χ1) is 8.19. The van der Waals surface area contributed by atoms with Gasteiger partial charge in [-0.1, -0.05) is 0 Å². The topological polar surface area (TPSA) is 60.7 Å². The van der Waals surface area contributed by atoms with Crippen LogP contribution in [0.5, 0.6) is 0 Å². The van der Waals surface area contributed by atoms with E-state index in [1.165, 1.54) is 17.9 Å². The van der Waals surface area contributed by atoms with Gasteiger partial charge in [0.2, 0.25) is 0 Å². The second-order valence-electron chi connectivity index (χ2n) is 4.29. The Bertz CT molecular complexity index is 386. The number of likely N-dealkylation sites (N-methyl/N-ethyl adjacent to an activating group) is 1. The molecule has 0 aliphatic carbocycles. The van der Waals surface area contributed by atoms with Crippen molar-refractivity contribution >= 4 is 17.3 Å². The van der Waals surface area contributed by atoms with E-state index in [2.05, 4.69) is 16.8 Å². The maximum absolute atomic E-state index is 10.6. The molecule has 0 bridgehead atoms. The van der Waals surface area contributed by atoms with Gasteiger partial charge in [-0.25, -0.2) is 4.98 Å². The predicted octanol–water partition coefficient (Wildman–Crippen LogP) is -1.77. The molecule has 0 amide bonds. The summed E-state index contributed by atoms with van der Waals surface area (Å²) in [7, 11) is 0. The molecule has 1 aliphatic heterocycles. The monoisotopic (exact) mass is 255 g/mol. The number of nitrogens with one attached hydrogen (secondary N) is 1. The van der Waals surface area contributed by atoms with E-state index in [-0.39, 0.29) is 5.69 Å². The molecule has 94 valence electrons. The average molecular weight is 255 g/mol. The summed E-state index contributed by atoms with van der Waals surface area (Å²) in [5, 5.41) is 13.0. The van der Waals surface area contributed by atoms with Gasteiger partial charge in [0.1, 0.15) is 5.01 Å². The molecular formula is C11H17N3O2S. The fourth-order valence-electron chi connectivity index (χ4n) is 2.05. The van der Waals surface area contributed by atoms with E-state index in [1.807, 2.05) is 0 Å². The van der Waals surface area contributed by atoms with E-state index >= 15 is 0 Å². The van der Waals surface area contributed by atoms with Crippen LogP contribution in [0.25, 0.3) is 0 Å². The van der Waals surface area contributed by atoms with Crippen LogP contribution in [-0.4, -0.2) is 48.6 Å². The summed E-state index contributed by atoms with van der Waals surface area (Å²) < 4.78 is 0. The number of rotatable bonds is 4. The maximum atomic E-state index is 10.6. The van der Waals surface area contributed by atoms with Gasteiger partial charge in [0.15, 0.2) is 0 Å². The zero-order valence-electron chi connectivity index (χ0n) is 9.94. The normalized spacial score (nSPS) is 18.4. The number of hydrogen-bond donors (Lipinski definition) is 1. The highest BCUT2D eigenvalue weighted by molar-refractivity contribution is 7.09. The molecule has 6 heteroatoms. The molecule has 2 heterocycles. The van der Waals surface area contributed by atoms with Crippen molar-refractivity contribution in [2.75, 3.05) is 32.7 Å². The van der Waals surface area contributed by atoms with Gasteiger partial charge in [0.25, 0.3) is 0 Å². The van der Waals surface area contributed by atoms with Gasteiger partial charge in [0.05, 0.1) is 37.8 Å². The second kappa shape index (κ2) is 5.57. The Kier molecular flexibility index (Phi) is 4.09. The molecule has 1 aromatic heterocycles. The van der Waals surface area contributed by atoms with Gasteiger partial charge in [-0.15, -0.1) is 11.3 Å². The smallest absolute Gasteiger partial charge is 0.107 e. The van der Waals surface area contributed by atoms with Crippen LogP contribution in [0.1, 0.15) is 22.4 Å². The maximum Gasteiger partial charge on any atom is 0.107 e. The molecule has 0 saturated carbocycles. The fraction of sp³-hybridized carbons (Fsp3) is 0.636. The van der Waals surface area contributed by atoms with Crippen molar-refractivity contribution in [2.45, 2.75) is 13.5 Å². The highest BCUT2D eigenvalue weighted by Gasteiger charge is 2.19. The lowest BCUT2D eigenvalue weighted by atomic mass is 10.3.